The van der Waals surface area contributed by atoms with Crippen LogP contribution >= 0.6 is 15.9 Å². The zero-order valence-electron chi connectivity index (χ0n) is 18.2. The minimum Gasteiger partial charge on any atom is -0.439 e. The lowest BCUT2D eigenvalue weighted by Gasteiger charge is -2.38. The van der Waals surface area contributed by atoms with E-state index in [1.165, 1.54) is 4.31 Å². The van der Waals surface area contributed by atoms with Gasteiger partial charge in [0.15, 0.2) is 5.76 Å². The SMILES string of the molecule is Cc1ccc(CN2c3ccccc3C3=C(C(c4ccc(Br)cc4)C(C#N)=C(N)O3)S2(=O)=O)cc1. The summed E-state index contributed by atoms with van der Waals surface area (Å²) < 4.78 is 36.5. The van der Waals surface area contributed by atoms with Crippen molar-refractivity contribution in [3.8, 4) is 6.07 Å². The highest BCUT2D eigenvalue weighted by molar-refractivity contribution is 9.10. The average molecular weight is 534 g/mol. The standard InChI is InChI=1S/C26H20BrN3O3S/c1-16-6-8-17(9-7-16)15-30-22-5-3-2-4-20(22)24-25(34(30,31)32)23(21(14-28)26(29)33-24)18-10-12-19(27)13-11-18/h2-13,23H,15,29H2,1H3. The van der Waals surface area contributed by atoms with Crippen molar-refractivity contribution in [3.63, 3.8) is 0 Å². The third-order valence-corrected chi connectivity index (χ3v) is 8.42. The maximum absolute atomic E-state index is 14.2. The van der Waals surface area contributed by atoms with Crippen LogP contribution in [0.2, 0.25) is 0 Å². The van der Waals surface area contributed by atoms with Gasteiger partial charge in [-0.25, -0.2) is 8.42 Å². The monoisotopic (exact) mass is 533 g/mol. The molecule has 170 valence electrons. The number of hydrogen-bond donors (Lipinski definition) is 1. The normalized spacial score (nSPS) is 18.6. The van der Waals surface area contributed by atoms with E-state index < -0.39 is 15.9 Å². The van der Waals surface area contributed by atoms with Crippen molar-refractivity contribution in [2.75, 3.05) is 4.31 Å². The number of anilines is 1. The fourth-order valence-corrected chi connectivity index (χ4v) is 6.50. The first kappa shape index (κ1) is 22.3. The molecule has 34 heavy (non-hydrogen) atoms. The Kier molecular flexibility index (Phi) is 5.47. The number of rotatable bonds is 3. The molecule has 0 saturated carbocycles. The summed E-state index contributed by atoms with van der Waals surface area (Å²) in [6.45, 7) is 2.13. The Morgan fingerprint density at radius 1 is 1.06 bits per heavy atom. The number of ether oxygens (including phenoxy) is 1. The lowest BCUT2D eigenvalue weighted by Crippen LogP contribution is -2.39. The van der Waals surface area contributed by atoms with Crippen LogP contribution in [0.4, 0.5) is 5.69 Å². The van der Waals surface area contributed by atoms with Crippen LogP contribution in [0.25, 0.3) is 5.76 Å². The Bertz CT molecular complexity index is 1500. The molecule has 1 unspecified atom stereocenters. The predicted octanol–water partition coefficient (Wildman–Crippen LogP) is 5.28. The van der Waals surface area contributed by atoms with Crippen molar-refractivity contribution >= 4 is 37.4 Å². The largest absolute Gasteiger partial charge is 0.439 e. The summed E-state index contributed by atoms with van der Waals surface area (Å²) in [6, 6.07) is 24.2. The maximum Gasteiger partial charge on any atom is 0.265 e. The van der Waals surface area contributed by atoms with Gasteiger partial charge >= 0.3 is 0 Å². The molecule has 0 fully saturated rings. The second-order valence-electron chi connectivity index (χ2n) is 8.18. The Balaban J connectivity index is 1.75. The minimum atomic E-state index is -4.08. The van der Waals surface area contributed by atoms with Crippen LogP contribution in [0.3, 0.4) is 0 Å². The molecule has 5 rings (SSSR count). The molecule has 0 aromatic heterocycles. The van der Waals surface area contributed by atoms with E-state index in [0.717, 1.165) is 15.6 Å². The van der Waals surface area contributed by atoms with Gasteiger partial charge in [-0.05, 0) is 42.3 Å². The second-order valence-corrected chi connectivity index (χ2v) is 10.9. The van der Waals surface area contributed by atoms with Crippen molar-refractivity contribution in [1.82, 2.24) is 0 Å². The van der Waals surface area contributed by atoms with Crippen molar-refractivity contribution in [1.29, 1.82) is 5.26 Å². The maximum atomic E-state index is 14.2. The summed E-state index contributed by atoms with van der Waals surface area (Å²) in [5.41, 5.74) is 9.91. The highest BCUT2D eigenvalue weighted by Crippen LogP contribution is 2.51. The van der Waals surface area contributed by atoms with E-state index in [-0.39, 0.29) is 28.7 Å². The van der Waals surface area contributed by atoms with E-state index in [0.29, 0.717) is 16.8 Å². The van der Waals surface area contributed by atoms with Crippen LogP contribution in [0.1, 0.15) is 28.2 Å². The molecular formula is C26H20BrN3O3S. The minimum absolute atomic E-state index is 0.0198. The van der Waals surface area contributed by atoms with Crippen molar-refractivity contribution in [2.45, 2.75) is 19.4 Å². The fourth-order valence-electron chi connectivity index (χ4n) is 4.33. The number of nitrogens with two attached hydrogens (primary N) is 1. The first-order chi connectivity index (χ1) is 16.3. The molecule has 2 aliphatic rings. The van der Waals surface area contributed by atoms with E-state index in [9.17, 15) is 13.7 Å². The molecule has 0 spiro atoms. The molecule has 6 nitrogen and oxygen atoms in total. The summed E-state index contributed by atoms with van der Waals surface area (Å²) >= 11 is 3.41. The molecule has 8 heteroatoms. The van der Waals surface area contributed by atoms with E-state index in [4.69, 9.17) is 10.5 Å². The van der Waals surface area contributed by atoms with Gasteiger partial charge < -0.3 is 10.5 Å². The molecule has 3 aromatic rings. The smallest absolute Gasteiger partial charge is 0.265 e. The third kappa shape index (κ3) is 3.58. The molecule has 2 aliphatic heterocycles. The summed E-state index contributed by atoms with van der Waals surface area (Å²) in [6.07, 6.45) is 0. The van der Waals surface area contributed by atoms with Crippen LogP contribution < -0.4 is 10.0 Å². The molecule has 0 saturated heterocycles. The third-order valence-electron chi connectivity index (χ3n) is 6.01. The number of halogens is 1. The van der Waals surface area contributed by atoms with Gasteiger partial charge in [-0.2, -0.15) is 5.26 Å². The van der Waals surface area contributed by atoms with Crippen molar-refractivity contribution in [2.24, 2.45) is 5.73 Å². The fraction of sp³-hybridized carbons (Fsp3) is 0.115. The van der Waals surface area contributed by atoms with Gasteiger partial charge in [0.1, 0.15) is 16.5 Å². The molecular weight excluding hydrogens is 514 g/mol. The number of nitriles is 1. The number of aryl methyl sites for hydroxylation is 1. The number of nitrogens with zero attached hydrogens (tertiary/aromatic N) is 2. The quantitative estimate of drug-likeness (QED) is 0.493. The highest BCUT2D eigenvalue weighted by Gasteiger charge is 2.47. The average Bonchev–Trinajstić information content (AvgIpc) is 2.82. The number of para-hydroxylation sites is 1. The van der Waals surface area contributed by atoms with E-state index in [1.54, 1.807) is 24.3 Å². The van der Waals surface area contributed by atoms with Gasteiger partial charge in [0.05, 0.1) is 18.2 Å². The van der Waals surface area contributed by atoms with Crippen LogP contribution in [0.5, 0.6) is 0 Å². The summed E-state index contributed by atoms with van der Waals surface area (Å²) in [7, 11) is -4.08. The molecule has 2 heterocycles. The van der Waals surface area contributed by atoms with Gasteiger partial charge in [0, 0.05) is 10.0 Å². The molecule has 0 aliphatic carbocycles. The number of allylic oxidation sites excluding steroid dienone is 2. The molecule has 0 radical (unpaired) electrons. The van der Waals surface area contributed by atoms with Crippen LogP contribution in [-0.4, -0.2) is 8.42 Å². The number of hydrogen-bond acceptors (Lipinski definition) is 5. The van der Waals surface area contributed by atoms with E-state index in [2.05, 4.69) is 22.0 Å². The summed E-state index contributed by atoms with van der Waals surface area (Å²) in [5, 5.41) is 9.92. The Labute approximate surface area is 206 Å². The summed E-state index contributed by atoms with van der Waals surface area (Å²) in [4.78, 5) is 0.0198. The van der Waals surface area contributed by atoms with Crippen LogP contribution in [-0.2, 0) is 21.3 Å². The lowest BCUT2D eigenvalue weighted by molar-refractivity contribution is 0.357. The van der Waals surface area contributed by atoms with E-state index >= 15 is 0 Å². The molecule has 0 amide bonds. The molecule has 2 N–H and O–H groups in total. The van der Waals surface area contributed by atoms with Gasteiger partial charge in [0.25, 0.3) is 10.0 Å². The first-order valence-corrected chi connectivity index (χ1v) is 12.8. The Morgan fingerprint density at radius 3 is 2.41 bits per heavy atom. The van der Waals surface area contributed by atoms with Gasteiger partial charge in [0.2, 0.25) is 5.88 Å². The van der Waals surface area contributed by atoms with Crippen LogP contribution in [0, 0.1) is 18.3 Å². The Morgan fingerprint density at radius 2 is 1.74 bits per heavy atom. The number of fused-ring (bicyclic) bond motifs is 2. The van der Waals surface area contributed by atoms with Gasteiger partial charge in [-0.15, -0.1) is 0 Å². The molecule has 3 aromatic carbocycles. The zero-order chi connectivity index (χ0) is 24.0. The zero-order valence-corrected chi connectivity index (χ0v) is 20.6. The molecule has 0 bridgehead atoms. The Hall–Kier alpha value is -3.54. The van der Waals surface area contributed by atoms with Crippen LogP contribution in [0.15, 0.2) is 93.6 Å². The first-order valence-electron chi connectivity index (χ1n) is 10.6. The molecule has 1 atom stereocenters. The number of benzene rings is 3. The van der Waals surface area contributed by atoms with Gasteiger partial charge in [-0.1, -0.05) is 70.0 Å². The van der Waals surface area contributed by atoms with Gasteiger partial charge in [-0.3, -0.25) is 4.31 Å². The van der Waals surface area contributed by atoms with Crippen molar-refractivity contribution in [3.05, 3.63) is 116 Å². The summed E-state index contributed by atoms with van der Waals surface area (Å²) in [5.74, 6) is -0.813. The van der Waals surface area contributed by atoms with E-state index in [1.807, 2.05) is 55.5 Å². The van der Waals surface area contributed by atoms with Crippen molar-refractivity contribution < 1.29 is 13.2 Å². The number of sulfonamides is 1. The lowest BCUT2D eigenvalue weighted by atomic mass is 9.88. The second kappa shape index (κ2) is 8.35. The topological polar surface area (TPSA) is 96.4 Å². The highest BCUT2D eigenvalue weighted by atomic mass is 79.9. The predicted molar refractivity (Wildman–Crippen MR) is 134 cm³/mol.